The lowest BCUT2D eigenvalue weighted by Crippen LogP contribution is -2.33. The maximum Gasteiger partial charge on any atom is 0.279 e. The maximum absolute atomic E-state index is 13.9. The fraction of sp³-hybridized carbons (Fsp3) is 0.190. The molecule has 1 atom stereocenters. The number of aromatic nitrogens is 2. The number of hydrogen-bond donors (Lipinski definition) is 1. The second-order valence-corrected chi connectivity index (χ2v) is 8.08. The van der Waals surface area contributed by atoms with Crippen molar-refractivity contribution in [3.63, 3.8) is 0 Å². The zero-order chi connectivity index (χ0) is 20.5. The van der Waals surface area contributed by atoms with E-state index in [1.807, 2.05) is 12.1 Å². The Bertz CT molecular complexity index is 1160. The molecule has 148 valence electrons. The third-order valence-electron chi connectivity index (χ3n) is 4.90. The molecule has 2 heterocycles. The third-order valence-corrected chi connectivity index (χ3v) is 6.32. The minimum atomic E-state index is -0.468. The van der Waals surface area contributed by atoms with E-state index < -0.39 is 11.5 Å². The van der Waals surface area contributed by atoms with E-state index in [1.165, 1.54) is 17.8 Å². The molecule has 0 fully saturated rings. The number of hydrogen-bond acceptors (Lipinski definition) is 4. The highest BCUT2D eigenvalue weighted by Crippen LogP contribution is 2.38. The predicted molar refractivity (Wildman–Crippen MR) is 112 cm³/mol. The normalized spacial score (nSPS) is 15.7. The van der Waals surface area contributed by atoms with Gasteiger partial charge in [0.1, 0.15) is 11.6 Å². The summed E-state index contributed by atoms with van der Waals surface area (Å²) in [7, 11) is 1.73. The number of carbonyl (C=O) groups is 1. The van der Waals surface area contributed by atoms with Gasteiger partial charge in [-0.3, -0.25) is 9.59 Å². The summed E-state index contributed by atoms with van der Waals surface area (Å²) >= 11 is 7.56. The number of nitrogens with one attached hydrogen (secondary N) is 1. The van der Waals surface area contributed by atoms with Crippen LogP contribution in [0.3, 0.4) is 0 Å². The lowest BCUT2D eigenvalue weighted by molar-refractivity contribution is -0.116. The molecule has 1 aromatic heterocycles. The Kier molecular flexibility index (Phi) is 5.43. The fourth-order valence-corrected chi connectivity index (χ4v) is 4.66. The lowest BCUT2D eigenvalue weighted by atomic mass is 9.87. The molecule has 8 heteroatoms. The van der Waals surface area contributed by atoms with Crippen LogP contribution in [-0.4, -0.2) is 15.5 Å². The van der Waals surface area contributed by atoms with E-state index in [4.69, 9.17) is 11.6 Å². The first kappa shape index (κ1) is 19.7. The molecule has 0 bridgehead atoms. The van der Waals surface area contributed by atoms with Crippen LogP contribution in [0.4, 0.5) is 10.2 Å². The van der Waals surface area contributed by atoms with E-state index in [-0.39, 0.29) is 18.1 Å². The van der Waals surface area contributed by atoms with Gasteiger partial charge in [0.05, 0.1) is 5.56 Å². The SMILES string of the molecule is Cn1c(SCc2ccccc2F)nc(=O)c2c1NC(=O)CC2c1ccccc1Cl. The zero-order valence-corrected chi connectivity index (χ0v) is 17.1. The molecule has 0 spiro atoms. The molecule has 1 unspecified atom stereocenters. The topological polar surface area (TPSA) is 64.0 Å². The summed E-state index contributed by atoms with van der Waals surface area (Å²) in [5, 5.41) is 3.69. The Labute approximate surface area is 175 Å². The molecular weight excluding hydrogens is 413 g/mol. The summed E-state index contributed by atoms with van der Waals surface area (Å²) in [5.41, 5.74) is 1.23. The average Bonchev–Trinajstić information content (AvgIpc) is 2.70. The molecule has 5 nitrogen and oxygen atoms in total. The highest BCUT2D eigenvalue weighted by atomic mass is 35.5. The van der Waals surface area contributed by atoms with Crippen LogP contribution in [0.25, 0.3) is 0 Å². The number of benzene rings is 2. The zero-order valence-electron chi connectivity index (χ0n) is 15.5. The van der Waals surface area contributed by atoms with Crippen molar-refractivity contribution in [1.82, 2.24) is 9.55 Å². The molecule has 1 amide bonds. The first-order chi connectivity index (χ1) is 14.0. The Hall–Kier alpha value is -2.64. The number of amides is 1. The number of rotatable bonds is 4. The quantitative estimate of drug-likeness (QED) is 0.495. The number of fused-ring (bicyclic) bond motifs is 1. The predicted octanol–water partition coefficient (Wildman–Crippen LogP) is 4.34. The summed E-state index contributed by atoms with van der Waals surface area (Å²) in [5.74, 6) is -0.261. The van der Waals surface area contributed by atoms with Crippen LogP contribution in [0, 0.1) is 5.82 Å². The molecule has 3 aromatic rings. The van der Waals surface area contributed by atoms with Crippen molar-refractivity contribution in [3.05, 3.63) is 86.4 Å². The van der Waals surface area contributed by atoms with Crippen molar-refractivity contribution in [3.8, 4) is 0 Å². The summed E-state index contributed by atoms with van der Waals surface area (Å²) < 4.78 is 15.6. The summed E-state index contributed by atoms with van der Waals surface area (Å²) in [6, 6.07) is 13.6. The fourth-order valence-electron chi connectivity index (χ4n) is 3.45. The van der Waals surface area contributed by atoms with E-state index in [1.54, 1.807) is 41.9 Å². The van der Waals surface area contributed by atoms with Gasteiger partial charge in [-0.2, -0.15) is 4.98 Å². The van der Waals surface area contributed by atoms with E-state index in [0.717, 1.165) is 5.56 Å². The first-order valence-electron chi connectivity index (χ1n) is 8.97. The Balaban J connectivity index is 1.75. The Morgan fingerprint density at radius 3 is 2.69 bits per heavy atom. The largest absolute Gasteiger partial charge is 0.312 e. The van der Waals surface area contributed by atoms with Gasteiger partial charge in [-0.25, -0.2) is 4.39 Å². The van der Waals surface area contributed by atoms with Gasteiger partial charge in [0.2, 0.25) is 5.91 Å². The van der Waals surface area contributed by atoms with Crippen molar-refractivity contribution < 1.29 is 9.18 Å². The van der Waals surface area contributed by atoms with Crippen LogP contribution in [0.2, 0.25) is 5.02 Å². The van der Waals surface area contributed by atoms with Crippen LogP contribution >= 0.6 is 23.4 Å². The van der Waals surface area contributed by atoms with Crippen molar-refractivity contribution in [1.29, 1.82) is 0 Å². The van der Waals surface area contributed by atoms with Crippen LogP contribution < -0.4 is 10.9 Å². The number of carbonyl (C=O) groups excluding carboxylic acids is 1. The van der Waals surface area contributed by atoms with E-state index >= 15 is 0 Å². The summed E-state index contributed by atoms with van der Waals surface area (Å²) in [6.07, 6.45) is 0.120. The Morgan fingerprint density at radius 1 is 1.21 bits per heavy atom. The van der Waals surface area contributed by atoms with Gasteiger partial charge < -0.3 is 9.88 Å². The standard InChI is InChI=1S/C21H17ClFN3O2S/c1-26-19-18(14(10-17(27)24-19)13-7-3-4-8-15(13)22)20(28)25-21(26)29-11-12-6-2-5-9-16(12)23/h2-9,14H,10-11H2,1H3,(H,24,27). The minimum absolute atomic E-state index is 0.120. The van der Waals surface area contributed by atoms with Gasteiger partial charge in [0.15, 0.2) is 5.16 Å². The van der Waals surface area contributed by atoms with E-state index in [0.29, 0.717) is 32.9 Å². The van der Waals surface area contributed by atoms with Crippen LogP contribution in [-0.2, 0) is 17.6 Å². The first-order valence-corrected chi connectivity index (χ1v) is 10.3. The number of thioether (sulfide) groups is 1. The van der Waals surface area contributed by atoms with Crippen LogP contribution in [0.15, 0.2) is 58.5 Å². The highest BCUT2D eigenvalue weighted by Gasteiger charge is 2.33. The molecule has 0 aliphatic carbocycles. The van der Waals surface area contributed by atoms with Gasteiger partial charge in [-0.15, -0.1) is 0 Å². The smallest absolute Gasteiger partial charge is 0.279 e. The molecule has 0 saturated carbocycles. The molecule has 0 radical (unpaired) electrons. The van der Waals surface area contributed by atoms with Crippen molar-refractivity contribution in [2.75, 3.05) is 5.32 Å². The van der Waals surface area contributed by atoms with Gasteiger partial charge >= 0.3 is 0 Å². The molecule has 29 heavy (non-hydrogen) atoms. The maximum atomic E-state index is 13.9. The molecule has 1 aliphatic rings. The monoisotopic (exact) mass is 429 g/mol. The van der Waals surface area contributed by atoms with Crippen molar-refractivity contribution in [2.24, 2.45) is 7.05 Å². The van der Waals surface area contributed by atoms with Crippen molar-refractivity contribution >= 4 is 35.1 Å². The van der Waals surface area contributed by atoms with Gasteiger partial charge in [-0.05, 0) is 23.3 Å². The number of anilines is 1. The molecule has 2 aromatic carbocycles. The second-order valence-electron chi connectivity index (χ2n) is 6.73. The van der Waals surface area contributed by atoms with Crippen LogP contribution in [0.1, 0.15) is 29.0 Å². The molecular formula is C21H17ClFN3O2S. The number of nitrogens with zero attached hydrogens (tertiary/aromatic N) is 2. The summed E-state index contributed by atoms with van der Waals surface area (Å²) in [6.45, 7) is 0. The Morgan fingerprint density at radius 2 is 1.93 bits per heavy atom. The lowest BCUT2D eigenvalue weighted by Gasteiger charge is -2.28. The van der Waals surface area contributed by atoms with E-state index in [9.17, 15) is 14.0 Å². The molecule has 0 saturated heterocycles. The van der Waals surface area contributed by atoms with Gasteiger partial charge in [0, 0.05) is 30.2 Å². The summed E-state index contributed by atoms with van der Waals surface area (Å²) in [4.78, 5) is 29.5. The molecule has 1 aliphatic heterocycles. The van der Waals surface area contributed by atoms with Gasteiger partial charge in [-0.1, -0.05) is 59.8 Å². The molecule has 1 N–H and O–H groups in total. The van der Waals surface area contributed by atoms with Gasteiger partial charge in [0.25, 0.3) is 5.56 Å². The number of halogens is 2. The average molecular weight is 430 g/mol. The van der Waals surface area contributed by atoms with Crippen LogP contribution in [0.5, 0.6) is 0 Å². The third kappa shape index (κ3) is 3.80. The van der Waals surface area contributed by atoms with E-state index in [2.05, 4.69) is 10.3 Å². The molecule has 4 rings (SSSR count). The second kappa shape index (κ2) is 8.00. The minimum Gasteiger partial charge on any atom is -0.312 e. The highest BCUT2D eigenvalue weighted by molar-refractivity contribution is 7.98. The van der Waals surface area contributed by atoms with Crippen molar-refractivity contribution in [2.45, 2.75) is 23.2 Å².